The first-order valence-corrected chi connectivity index (χ1v) is 11.3. The predicted octanol–water partition coefficient (Wildman–Crippen LogP) is 4.30. The Kier molecular flexibility index (Phi) is 7.83. The van der Waals surface area contributed by atoms with Crippen LogP contribution in [0.1, 0.15) is 40.3 Å². The molecule has 1 atom stereocenters. The van der Waals surface area contributed by atoms with Crippen LogP contribution in [0.5, 0.6) is 0 Å². The summed E-state index contributed by atoms with van der Waals surface area (Å²) in [6, 6.07) is 14.6. The lowest BCUT2D eigenvalue weighted by molar-refractivity contribution is -0.113. The summed E-state index contributed by atoms with van der Waals surface area (Å²) in [4.78, 5) is 25.0. The largest absolute Gasteiger partial charge is 0.342 e. The van der Waals surface area contributed by atoms with Gasteiger partial charge in [0.25, 0.3) is 5.91 Å². The average Bonchev–Trinajstić information content (AvgIpc) is 3.17. The highest BCUT2D eigenvalue weighted by atomic mass is 32.2. The molecule has 0 bridgehead atoms. The molecule has 2 amide bonds. The Hall–Kier alpha value is -3.39. The maximum atomic E-state index is 12.6. The molecular weight excluding hydrogens is 422 g/mol. The van der Waals surface area contributed by atoms with Crippen LogP contribution in [-0.4, -0.2) is 32.3 Å². The Balaban J connectivity index is 1.66. The molecule has 0 spiro atoms. The molecular formula is C24H27N5O2S. The van der Waals surface area contributed by atoms with Crippen molar-refractivity contribution < 1.29 is 9.59 Å². The molecule has 2 N–H and O–H groups in total. The van der Waals surface area contributed by atoms with Crippen molar-refractivity contribution in [3.05, 3.63) is 83.7 Å². The highest BCUT2D eigenvalue weighted by Gasteiger charge is 2.20. The van der Waals surface area contributed by atoms with E-state index in [2.05, 4.69) is 27.4 Å². The van der Waals surface area contributed by atoms with E-state index in [-0.39, 0.29) is 23.6 Å². The number of allylic oxidation sites excluding steroid dienone is 1. The number of amides is 2. The fourth-order valence-corrected chi connectivity index (χ4v) is 3.86. The number of anilines is 1. The molecule has 0 aliphatic heterocycles. The first-order chi connectivity index (χ1) is 15.4. The summed E-state index contributed by atoms with van der Waals surface area (Å²) in [5.41, 5.74) is 3.47. The number of aromatic nitrogens is 3. The number of hydrogen-bond donors (Lipinski definition) is 2. The Morgan fingerprint density at radius 2 is 1.84 bits per heavy atom. The van der Waals surface area contributed by atoms with E-state index in [1.807, 2.05) is 61.7 Å². The SMILES string of the molecule is C=CCn1c(SCC(=O)Nc2ccccc2C)nnc1[C@@H](C)NC(=O)c1ccc(C)cc1. The molecule has 1 aromatic heterocycles. The monoisotopic (exact) mass is 449 g/mol. The Bertz CT molecular complexity index is 1110. The van der Waals surface area contributed by atoms with E-state index in [1.165, 1.54) is 11.8 Å². The van der Waals surface area contributed by atoms with Gasteiger partial charge in [0.2, 0.25) is 5.91 Å². The van der Waals surface area contributed by atoms with E-state index in [0.717, 1.165) is 16.8 Å². The van der Waals surface area contributed by atoms with E-state index >= 15 is 0 Å². The standard InChI is InChI=1S/C24H27N5O2S/c1-5-14-29-22(18(4)25-23(31)19-12-10-16(2)11-13-19)27-28-24(29)32-15-21(30)26-20-9-7-6-8-17(20)3/h5-13,18H,1,14-15H2,2-4H3,(H,25,31)(H,26,30)/t18-/m1/s1. The molecule has 32 heavy (non-hydrogen) atoms. The number of nitrogens with zero attached hydrogens (tertiary/aromatic N) is 3. The van der Waals surface area contributed by atoms with Gasteiger partial charge < -0.3 is 15.2 Å². The van der Waals surface area contributed by atoms with Crippen molar-refractivity contribution in [1.29, 1.82) is 0 Å². The van der Waals surface area contributed by atoms with Gasteiger partial charge in [0.15, 0.2) is 11.0 Å². The number of rotatable bonds is 9. The molecule has 0 unspecified atom stereocenters. The molecule has 2 aromatic carbocycles. The van der Waals surface area contributed by atoms with Gasteiger partial charge in [-0.25, -0.2) is 0 Å². The van der Waals surface area contributed by atoms with Crippen LogP contribution in [0.2, 0.25) is 0 Å². The topological polar surface area (TPSA) is 88.9 Å². The minimum Gasteiger partial charge on any atom is -0.342 e. The third-order valence-electron chi connectivity index (χ3n) is 4.86. The van der Waals surface area contributed by atoms with Gasteiger partial charge in [0, 0.05) is 17.8 Å². The minimum atomic E-state index is -0.369. The summed E-state index contributed by atoms with van der Waals surface area (Å²) in [7, 11) is 0. The highest BCUT2D eigenvalue weighted by Crippen LogP contribution is 2.22. The fourth-order valence-electron chi connectivity index (χ4n) is 3.11. The van der Waals surface area contributed by atoms with E-state index in [9.17, 15) is 9.59 Å². The second-order valence-corrected chi connectivity index (χ2v) is 8.40. The van der Waals surface area contributed by atoms with Gasteiger partial charge in [-0.1, -0.05) is 53.7 Å². The lowest BCUT2D eigenvalue weighted by Crippen LogP contribution is -2.28. The van der Waals surface area contributed by atoms with E-state index < -0.39 is 0 Å². The summed E-state index contributed by atoms with van der Waals surface area (Å²) in [6.45, 7) is 10.0. The molecule has 0 saturated carbocycles. The Labute approximate surface area is 192 Å². The van der Waals surface area contributed by atoms with Crippen LogP contribution in [0.3, 0.4) is 0 Å². The van der Waals surface area contributed by atoms with Crippen LogP contribution in [-0.2, 0) is 11.3 Å². The number of para-hydroxylation sites is 1. The van der Waals surface area contributed by atoms with Crippen molar-refractivity contribution in [2.24, 2.45) is 0 Å². The lowest BCUT2D eigenvalue weighted by Gasteiger charge is -2.15. The first-order valence-electron chi connectivity index (χ1n) is 10.3. The van der Waals surface area contributed by atoms with Crippen LogP contribution in [0.25, 0.3) is 0 Å². The zero-order valence-corrected chi connectivity index (χ0v) is 19.3. The predicted molar refractivity (Wildman–Crippen MR) is 128 cm³/mol. The maximum Gasteiger partial charge on any atom is 0.251 e. The quantitative estimate of drug-likeness (QED) is 0.376. The van der Waals surface area contributed by atoms with E-state index in [4.69, 9.17) is 0 Å². The van der Waals surface area contributed by atoms with Gasteiger partial charge in [-0.3, -0.25) is 9.59 Å². The van der Waals surface area contributed by atoms with Gasteiger partial charge in [-0.05, 0) is 44.5 Å². The van der Waals surface area contributed by atoms with Crippen molar-refractivity contribution in [2.45, 2.75) is 38.5 Å². The third-order valence-corrected chi connectivity index (χ3v) is 5.82. The van der Waals surface area contributed by atoms with Gasteiger partial charge in [0.05, 0.1) is 11.8 Å². The van der Waals surface area contributed by atoms with Gasteiger partial charge >= 0.3 is 0 Å². The first kappa shape index (κ1) is 23.3. The zero-order valence-electron chi connectivity index (χ0n) is 18.5. The second kappa shape index (κ2) is 10.8. The highest BCUT2D eigenvalue weighted by molar-refractivity contribution is 7.99. The van der Waals surface area contributed by atoms with Crippen LogP contribution < -0.4 is 10.6 Å². The molecule has 0 aliphatic rings. The van der Waals surface area contributed by atoms with E-state index in [1.54, 1.807) is 18.2 Å². The average molecular weight is 450 g/mol. The molecule has 166 valence electrons. The molecule has 0 fully saturated rings. The summed E-state index contributed by atoms with van der Waals surface area (Å²) in [6.07, 6.45) is 1.73. The lowest BCUT2D eigenvalue weighted by atomic mass is 10.1. The van der Waals surface area contributed by atoms with Crippen LogP contribution >= 0.6 is 11.8 Å². The van der Waals surface area contributed by atoms with Crippen molar-refractivity contribution in [2.75, 3.05) is 11.1 Å². The molecule has 0 saturated heterocycles. The number of aryl methyl sites for hydroxylation is 2. The minimum absolute atomic E-state index is 0.125. The second-order valence-electron chi connectivity index (χ2n) is 7.45. The van der Waals surface area contributed by atoms with Crippen molar-refractivity contribution in [3.63, 3.8) is 0 Å². The summed E-state index contributed by atoms with van der Waals surface area (Å²) < 4.78 is 1.86. The van der Waals surface area contributed by atoms with Crippen LogP contribution in [0.4, 0.5) is 5.69 Å². The molecule has 3 aromatic rings. The number of nitrogens with one attached hydrogen (secondary N) is 2. The Morgan fingerprint density at radius 3 is 2.53 bits per heavy atom. The van der Waals surface area contributed by atoms with Crippen molar-refractivity contribution in [3.8, 4) is 0 Å². The van der Waals surface area contributed by atoms with Crippen molar-refractivity contribution >= 4 is 29.3 Å². The van der Waals surface area contributed by atoms with Crippen LogP contribution in [0, 0.1) is 13.8 Å². The van der Waals surface area contributed by atoms with Gasteiger partial charge in [-0.2, -0.15) is 0 Å². The number of carbonyl (C=O) groups is 2. The molecule has 0 radical (unpaired) electrons. The fraction of sp³-hybridized carbons (Fsp3) is 0.250. The molecule has 8 heteroatoms. The van der Waals surface area contributed by atoms with Gasteiger partial charge in [-0.15, -0.1) is 16.8 Å². The third kappa shape index (κ3) is 5.85. The summed E-state index contributed by atoms with van der Waals surface area (Å²) >= 11 is 1.29. The van der Waals surface area contributed by atoms with E-state index in [0.29, 0.717) is 23.1 Å². The summed E-state index contributed by atoms with van der Waals surface area (Å²) in [5, 5.41) is 15.0. The Morgan fingerprint density at radius 1 is 1.12 bits per heavy atom. The number of thioether (sulfide) groups is 1. The van der Waals surface area contributed by atoms with Gasteiger partial charge in [0.1, 0.15) is 0 Å². The maximum absolute atomic E-state index is 12.6. The molecule has 0 aliphatic carbocycles. The smallest absolute Gasteiger partial charge is 0.251 e. The summed E-state index contributed by atoms with van der Waals surface area (Å²) in [5.74, 6) is 0.484. The zero-order chi connectivity index (χ0) is 23.1. The normalized spacial score (nSPS) is 11.6. The number of hydrogen-bond acceptors (Lipinski definition) is 5. The molecule has 1 heterocycles. The van der Waals surface area contributed by atoms with Crippen molar-refractivity contribution in [1.82, 2.24) is 20.1 Å². The van der Waals surface area contributed by atoms with Crippen LogP contribution in [0.15, 0.2) is 66.3 Å². The number of carbonyl (C=O) groups excluding carboxylic acids is 2. The molecule has 3 rings (SSSR count). The molecule has 7 nitrogen and oxygen atoms in total. The number of benzene rings is 2.